The van der Waals surface area contributed by atoms with E-state index in [1.807, 2.05) is 18.2 Å². The fraction of sp³-hybridized carbons (Fsp3) is 0.0455. The van der Waals surface area contributed by atoms with Gasteiger partial charge in [0.1, 0.15) is 5.75 Å². The van der Waals surface area contributed by atoms with E-state index >= 15 is 0 Å². The zero-order valence-electron chi connectivity index (χ0n) is 15.4. The summed E-state index contributed by atoms with van der Waals surface area (Å²) >= 11 is 6.24. The number of rotatable bonds is 5. The standard InChI is InChI=1S/C22H16ClN3O3/c1-29-15-3-5-20(17(11-15)22(27)28)26-21-16-10-14(23)2-4-19(16)25-12-18(21)13-6-8-24-9-7-13/h2-12H,1H3,(H,25,26)(H,27,28). The maximum absolute atomic E-state index is 11.8. The second kappa shape index (κ2) is 7.77. The van der Waals surface area contributed by atoms with Crippen molar-refractivity contribution in [2.24, 2.45) is 0 Å². The normalized spacial score (nSPS) is 10.7. The molecule has 4 aromatic rings. The Kier molecular flexibility index (Phi) is 5.01. The molecule has 0 aliphatic heterocycles. The summed E-state index contributed by atoms with van der Waals surface area (Å²) in [6.45, 7) is 0. The molecule has 0 spiro atoms. The number of carboxylic acids is 1. The molecule has 4 rings (SSSR count). The molecular weight excluding hydrogens is 390 g/mol. The van der Waals surface area contributed by atoms with Gasteiger partial charge in [0.05, 0.1) is 29.6 Å². The van der Waals surface area contributed by atoms with Crippen LogP contribution >= 0.6 is 11.6 Å². The van der Waals surface area contributed by atoms with Gasteiger partial charge in [0.25, 0.3) is 0 Å². The van der Waals surface area contributed by atoms with Crippen molar-refractivity contribution in [3.8, 4) is 16.9 Å². The second-order valence-electron chi connectivity index (χ2n) is 6.29. The Morgan fingerprint density at radius 2 is 1.90 bits per heavy atom. The molecule has 6 nitrogen and oxygen atoms in total. The van der Waals surface area contributed by atoms with Crippen molar-refractivity contribution in [2.45, 2.75) is 0 Å². The quantitative estimate of drug-likeness (QED) is 0.462. The monoisotopic (exact) mass is 405 g/mol. The highest BCUT2D eigenvalue weighted by Crippen LogP contribution is 2.37. The maximum Gasteiger partial charge on any atom is 0.337 e. The Bertz CT molecular complexity index is 1210. The van der Waals surface area contributed by atoms with Gasteiger partial charge in [0, 0.05) is 34.6 Å². The fourth-order valence-corrected chi connectivity index (χ4v) is 3.29. The first kappa shape index (κ1) is 18.7. The zero-order chi connectivity index (χ0) is 20.4. The smallest absolute Gasteiger partial charge is 0.337 e. The van der Waals surface area contributed by atoms with Crippen molar-refractivity contribution in [3.63, 3.8) is 0 Å². The molecule has 0 atom stereocenters. The summed E-state index contributed by atoms with van der Waals surface area (Å²) in [6.07, 6.45) is 5.13. The van der Waals surface area contributed by atoms with Crippen LogP contribution in [0.1, 0.15) is 10.4 Å². The van der Waals surface area contributed by atoms with E-state index in [0.29, 0.717) is 22.1 Å². The van der Waals surface area contributed by atoms with E-state index in [2.05, 4.69) is 15.3 Å². The number of hydrogen-bond acceptors (Lipinski definition) is 5. The number of anilines is 2. The van der Waals surface area contributed by atoms with Crippen LogP contribution in [0.4, 0.5) is 11.4 Å². The number of pyridine rings is 2. The van der Waals surface area contributed by atoms with E-state index in [1.165, 1.54) is 13.2 Å². The molecule has 0 saturated carbocycles. The first-order chi connectivity index (χ1) is 14.1. The predicted molar refractivity (Wildman–Crippen MR) is 113 cm³/mol. The third-order valence-corrected chi connectivity index (χ3v) is 4.77. The summed E-state index contributed by atoms with van der Waals surface area (Å²) in [7, 11) is 1.49. The summed E-state index contributed by atoms with van der Waals surface area (Å²) in [6, 6.07) is 14.0. The van der Waals surface area contributed by atoms with Crippen molar-refractivity contribution >= 4 is 39.8 Å². The van der Waals surface area contributed by atoms with E-state index in [0.717, 1.165) is 22.0 Å². The van der Waals surface area contributed by atoms with E-state index in [4.69, 9.17) is 16.3 Å². The number of nitrogens with one attached hydrogen (secondary N) is 1. The lowest BCUT2D eigenvalue weighted by Gasteiger charge is -2.17. The maximum atomic E-state index is 11.8. The molecule has 7 heteroatoms. The molecule has 0 aliphatic rings. The van der Waals surface area contributed by atoms with Crippen molar-refractivity contribution in [3.05, 3.63) is 77.7 Å². The third-order valence-electron chi connectivity index (χ3n) is 4.54. The minimum absolute atomic E-state index is 0.0945. The van der Waals surface area contributed by atoms with Crippen LogP contribution in [0.2, 0.25) is 5.02 Å². The average molecular weight is 406 g/mol. The lowest BCUT2D eigenvalue weighted by atomic mass is 10.0. The lowest BCUT2D eigenvalue weighted by Crippen LogP contribution is -2.05. The predicted octanol–water partition coefficient (Wildman–Crippen LogP) is 5.40. The molecule has 144 valence electrons. The molecule has 2 aromatic carbocycles. The minimum atomic E-state index is -1.06. The van der Waals surface area contributed by atoms with Gasteiger partial charge in [0.15, 0.2) is 0 Å². The van der Waals surface area contributed by atoms with Crippen molar-refractivity contribution < 1.29 is 14.6 Å². The van der Waals surface area contributed by atoms with Gasteiger partial charge in [-0.15, -0.1) is 0 Å². The number of aromatic carboxylic acids is 1. The number of carboxylic acid groups (broad SMARTS) is 1. The summed E-state index contributed by atoms with van der Waals surface area (Å²) in [5, 5.41) is 14.3. The molecule has 0 saturated heterocycles. The summed E-state index contributed by atoms with van der Waals surface area (Å²) in [4.78, 5) is 20.4. The first-order valence-corrected chi connectivity index (χ1v) is 9.11. The number of fused-ring (bicyclic) bond motifs is 1. The number of carbonyl (C=O) groups is 1. The van der Waals surface area contributed by atoms with Crippen LogP contribution in [0.25, 0.3) is 22.0 Å². The van der Waals surface area contributed by atoms with Gasteiger partial charge in [-0.25, -0.2) is 4.79 Å². The third kappa shape index (κ3) is 3.70. The Morgan fingerprint density at radius 3 is 2.62 bits per heavy atom. The molecule has 2 N–H and O–H groups in total. The second-order valence-corrected chi connectivity index (χ2v) is 6.72. The SMILES string of the molecule is COc1ccc(Nc2c(-c3ccncc3)cnc3ccc(Cl)cc23)c(C(=O)O)c1. The molecule has 0 fully saturated rings. The Hall–Kier alpha value is -3.64. The Labute approximate surface area is 171 Å². The highest BCUT2D eigenvalue weighted by molar-refractivity contribution is 6.31. The minimum Gasteiger partial charge on any atom is -0.497 e. The van der Waals surface area contributed by atoms with Crippen LogP contribution in [0.15, 0.2) is 67.1 Å². The zero-order valence-corrected chi connectivity index (χ0v) is 16.1. The molecule has 2 aromatic heterocycles. The van der Waals surface area contributed by atoms with Crippen molar-refractivity contribution in [2.75, 3.05) is 12.4 Å². The van der Waals surface area contributed by atoms with E-state index in [9.17, 15) is 9.90 Å². The molecule has 0 radical (unpaired) electrons. The van der Waals surface area contributed by atoms with Crippen LogP contribution in [0.3, 0.4) is 0 Å². The number of nitrogens with zero attached hydrogens (tertiary/aromatic N) is 2. The molecule has 0 aliphatic carbocycles. The van der Waals surface area contributed by atoms with Crippen LogP contribution in [-0.2, 0) is 0 Å². The highest BCUT2D eigenvalue weighted by Gasteiger charge is 2.16. The van der Waals surface area contributed by atoms with Gasteiger partial charge in [-0.05, 0) is 54.1 Å². The summed E-state index contributed by atoms with van der Waals surface area (Å²) in [5.74, 6) is -0.599. The van der Waals surface area contributed by atoms with Gasteiger partial charge >= 0.3 is 5.97 Å². The molecule has 0 unspecified atom stereocenters. The Balaban J connectivity index is 1.95. The van der Waals surface area contributed by atoms with Gasteiger partial charge in [-0.1, -0.05) is 11.6 Å². The molecule has 29 heavy (non-hydrogen) atoms. The molecule has 0 bridgehead atoms. The topological polar surface area (TPSA) is 84.3 Å². The highest BCUT2D eigenvalue weighted by atomic mass is 35.5. The van der Waals surface area contributed by atoms with Crippen molar-refractivity contribution in [1.29, 1.82) is 0 Å². The Morgan fingerprint density at radius 1 is 1.10 bits per heavy atom. The van der Waals surface area contributed by atoms with Gasteiger partial charge < -0.3 is 15.2 Å². The average Bonchev–Trinajstić information content (AvgIpc) is 2.74. The van der Waals surface area contributed by atoms with E-state index < -0.39 is 5.97 Å². The summed E-state index contributed by atoms with van der Waals surface area (Å²) < 4.78 is 5.16. The molecular formula is C22H16ClN3O3. The number of halogens is 1. The van der Waals surface area contributed by atoms with Gasteiger partial charge in [-0.2, -0.15) is 0 Å². The lowest BCUT2D eigenvalue weighted by molar-refractivity contribution is 0.0697. The van der Waals surface area contributed by atoms with Gasteiger partial charge in [0.2, 0.25) is 0 Å². The number of ether oxygens (including phenoxy) is 1. The first-order valence-electron chi connectivity index (χ1n) is 8.74. The van der Waals surface area contributed by atoms with Crippen LogP contribution in [0, 0.1) is 0 Å². The van der Waals surface area contributed by atoms with E-state index in [-0.39, 0.29) is 5.56 Å². The number of aromatic nitrogens is 2. The molecule has 0 amide bonds. The number of hydrogen-bond donors (Lipinski definition) is 2. The largest absolute Gasteiger partial charge is 0.497 e. The fourth-order valence-electron chi connectivity index (χ4n) is 3.12. The van der Waals surface area contributed by atoms with Gasteiger partial charge in [-0.3, -0.25) is 9.97 Å². The molecule has 2 heterocycles. The van der Waals surface area contributed by atoms with Crippen LogP contribution < -0.4 is 10.1 Å². The summed E-state index contributed by atoms with van der Waals surface area (Å²) in [5.41, 5.74) is 3.66. The van der Waals surface area contributed by atoms with Crippen molar-refractivity contribution in [1.82, 2.24) is 9.97 Å². The number of benzene rings is 2. The number of methoxy groups -OCH3 is 1. The van der Waals surface area contributed by atoms with E-state index in [1.54, 1.807) is 42.9 Å². The van der Waals surface area contributed by atoms with Crippen LogP contribution in [-0.4, -0.2) is 28.2 Å². The van der Waals surface area contributed by atoms with Crippen LogP contribution in [0.5, 0.6) is 5.75 Å².